The van der Waals surface area contributed by atoms with E-state index in [0.29, 0.717) is 23.0 Å². The molecule has 0 unspecified atom stereocenters. The smallest absolute Gasteiger partial charge is 0.254 e. The highest BCUT2D eigenvalue weighted by molar-refractivity contribution is 6.06. The molecular formula is C15H16FN5O. The first-order valence-corrected chi connectivity index (χ1v) is 7.28. The van der Waals surface area contributed by atoms with Gasteiger partial charge in [-0.25, -0.2) is 4.98 Å². The molecule has 3 aromatic rings. The number of hydrogen-bond donors (Lipinski definition) is 2. The Bertz CT molecular complexity index is 833. The monoisotopic (exact) mass is 301 g/mol. The molecule has 1 aromatic carbocycles. The molecule has 1 saturated heterocycles. The van der Waals surface area contributed by atoms with Crippen LogP contribution in [-0.4, -0.2) is 36.1 Å². The molecule has 1 aliphatic rings. The number of rotatable bonds is 3. The van der Waals surface area contributed by atoms with E-state index in [1.165, 1.54) is 0 Å². The summed E-state index contributed by atoms with van der Waals surface area (Å²) in [5.41, 5.74) is 3.53. The zero-order chi connectivity index (χ0) is 15.1. The minimum Gasteiger partial charge on any atom is -0.450 e. The molecule has 22 heavy (non-hydrogen) atoms. The van der Waals surface area contributed by atoms with Crippen LogP contribution in [0.4, 0.5) is 16.2 Å². The van der Waals surface area contributed by atoms with Crippen molar-refractivity contribution in [1.82, 2.24) is 15.3 Å². The van der Waals surface area contributed by atoms with Gasteiger partial charge in [-0.3, -0.25) is 0 Å². The summed E-state index contributed by atoms with van der Waals surface area (Å²) in [6.45, 7) is 1.66. The number of para-hydroxylation sites is 1. The first-order chi connectivity index (χ1) is 10.8. The number of aromatic nitrogens is 2. The Morgan fingerprint density at radius 1 is 1.32 bits per heavy atom. The Labute approximate surface area is 126 Å². The van der Waals surface area contributed by atoms with Crippen molar-refractivity contribution in [2.45, 2.75) is 12.5 Å². The van der Waals surface area contributed by atoms with Gasteiger partial charge >= 0.3 is 0 Å². The molecule has 3 heterocycles. The van der Waals surface area contributed by atoms with Crippen molar-refractivity contribution < 1.29 is 8.90 Å². The highest BCUT2D eigenvalue weighted by Gasteiger charge is 2.26. The van der Waals surface area contributed by atoms with Gasteiger partial charge in [0.25, 0.3) is 5.95 Å². The van der Waals surface area contributed by atoms with Crippen molar-refractivity contribution in [1.29, 1.82) is 0 Å². The molecule has 1 aliphatic heterocycles. The van der Waals surface area contributed by atoms with Crippen molar-refractivity contribution in [3.8, 4) is 0 Å². The maximum Gasteiger partial charge on any atom is 0.254 e. The minimum absolute atomic E-state index is 0.0399. The number of hydrogen-bond acceptors (Lipinski definition) is 6. The van der Waals surface area contributed by atoms with E-state index in [9.17, 15) is 4.48 Å². The van der Waals surface area contributed by atoms with Crippen LogP contribution >= 0.6 is 0 Å². The Kier molecular flexibility index (Phi) is 3.07. The summed E-state index contributed by atoms with van der Waals surface area (Å²) < 4.78 is 18.9. The van der Waals surface area contributed by atoms with Crippen molar-refractivity contribution in [3.05, 3.63) is 24.3 Å². The van der Waals surface area contributed by atoms with Crippen molar-refractivity contribution in [2.75, 3.05) is 30.6 Å². The number of nitrogens with zero attached hydrogens (tertiary/aromatic N) is 3. The van der Waals surface area contributed by atoms with Gasteiger partial charge in [-0.1, -0.05) is 12.1 Å². The third kappa shape index (κ3) is 1.97. The molecule has 0 amide bonds. The number of benzene rings is 1. The number of furan rings is 1. The van der Waals surface area contributed by atoms with Gasteiger partial charge < -0.3 is 14.6 Å². The average Bonchev–Trinajstić information content (AvgIpc) is 3.18. The minimum atomic E-state index is -0.0399. The molecule has 0 aliphatic carbocycles. The molecular weight excluding hydrogens is 285 g/mol. The highest BCUT2D eigenvalue weighted by Crippen LogP contribution is 2.34. The highest BCUT2D eigenvalue weighted by atomic mass is 19.2. The summed E-state index contributed by atoms with van der Waals surface area (Å²) in [6.07, 6.45) is 1.01. The van der Waals surface area contributed by atoms with Gasteiger partial charge in [0.1, 0.15) is 11.1 Å². The molecule has 0 saturated carbocycles. The SMILES string of the molecule is CN[C@@H]1CCN(c2nc(NF)nc3c2oc2ccccc23)C1. The molecule has 4 rings (SSSR count). The second kappa shape index (κ2) is 5.10. The van der Waals surface area contributed by atoms with Crippen LogP contribution in [0.25, 0.3) is 22.1 Å². The van der Waals surface area contributed by atoms with E-state index in [2.05, 4.69) is 20.2 Å². The zero-order valence-corrected chi connectivity index (χ0v) is 12.1. The number of likely N-dealkylation sites (N-methyl/N-ethyl adjacent to an activating group) is 1. The largest absolute Gasteiger partial charge is 0.450 e. The quantitative estimate of drug-likeness (QED) is 0.725. The van der Waals surface area contributed by atoms with E-state index in [0.717, 1.165) is 30.5 Å². The van der Waals surface area contributed by atoms with Crippen LogP contribution in [0.1, 0.15) is 6.42 Å². The van der Waals surface area contributed by atoms with Crippen molar-refractivity contribution in [2.24, 2.45) is 0 Å². The lowest BCUT2D eigenvalue weighted by atomic mass is 10.2. The first kappa shape index (κ1) is 13.3. The number of nitrogens with one attached hydrogen (secondary N) is 2. The van der Waals surface area contributed by atoms with E-state index in [-0.39, 0.29) is 5.95 Å². The molecule has 7 heteroatoms. The molecule has 2 N–H and O–H groups in total. The van der Waals surface area contributed by atoms with Crippen LogP contribution < -0.4 is 15.8 Å². The Morgan fingerprint density at radius 2 is 2.18 bits per heavy atom. The lowest BCUT2D eigenvalue weighted by Gasteiger charge is -2.17. The van der Waals surface area contributed by atoms with Gasteiger partial charge in [0.2, 0.25) is 0 Å². The lowest BCUT2D eigenvalue weighted by Crippen LogP contribution is -2.30. The third-order valence-corrected chi connectivity index (χ3v) is 4.18. The van der Waals surface area contributed by atoms with Gasteiger partial charge in [-0.2, -0.15) is 10.5 Å². The average molecular weight is 301 g/mol. The van der Waals surface area contributed by atoms with Gasteiger partial charge in [0.05, 0.1) is 0 Å². The molecule has 114 valence electrons. The Morgan fingerprint density at radius 3 is 2.95 bits per heavy atom. The Hall–Kier alpha value is -2.41. The number of halogens is 1. The molecule has 1 atom stereocenters. The fourth-order valence-corrected chi connectivity index (χ4v) is 3.02. The number of anilines is 2. The summed E-state index contributed by atoms with van der Waals surface area (Å²) in [5.74, 6) is 0.598. The van der Waals surface area contributed by atoms with E-state index in [1.807, 2.05) is 31.3 Å². The summed E-state index contributed by atoms with van der Waals surface area (Å²) in [7, 11) is 1.94. The van der Waals surface area contributed by atoms with Crippen LogP contribution in [0.5, 0.6) is 0 Å². The Balaban J connectivity index is 1.92. The van der Waals surface area contributed by atoms with E-state index >= 15 is 0 Å². The molecule has 0 radical (unpaired) electrons. The maximum atomic E-state index is 12.9. The fraction of sp³-hybridized carbons (Fsp3) is 0.333. The van der Waals surface area contributed by atoms with Crippen molar-refractivity contribution >= 4 is 33.8 Å². The molecule has 0 spiro atoms. The van der Waals surface area contributed by atoms with Crippen molar-refractivity contribution in [3.63, 3.8) is 0 Å². The van der Waals surface area contributed by atoms with Gasteiger partial charge in [-0.15, -0.1) is 4.48 Å². The summed E-state index contributed by atoms with van der Waals surface area (Å²) in [5, 5.41) is 4.12. The molecule has 0 bridgehead atoms. The van der Waals surface area contributed by atoms with Crippen LogP contribution in [-0.2, 0) is 0 Å². The third-order valence-electron chi connectivity index (χ3n) is 4.18. The van der Waals surface area contributed by atoms with Crippen LogP contribution in [0.15, 0.2) is 28.7 Å². The predicted octanol–water partition coefficient (Wildman–Crippen LogP) is 2.47. The summed E-state index contributed by atoms with van der Waals surface area (Å²) in [4.78, 5) is 10.6. The van der Waals surface area contributed by atoms with E-state index in [1.54, 1.807) is 5.54 Å². The topological polar surface area (TPSA) is 66.2 Å². The lowest BCUT2D eigenvalue weighted by molar-refractivity contribution is 0.603. The molecule has 1 fully saturated rings. The van der Waals surface area contributed by atoms with Crippen LogP contribution in [0.3, 0.4) is 0 Å². The molecule has 6 nitrogen and oxygen atoms in total. The maximum absolute atomic E-state index is 12.9. The van der Waals surface area contributed by atoms with Crippen LogP contribution in [0, 0.1) is 0 Å². The predicted molar refractivity (Wildman–Crippen MR) is 83.7 cm³/mol. The van der Waals surface area contributed by atoms with Gasteiger partial charge in [0.15, 0.2) is 11.4 Å². The second-order valence-electron chi connectivity index (χ2n) is 5.46. The summed E-state index contributed by atoms with van der Waals surface area (Å²) in [6, 6.07) is 8.01. The fourth-order valence-electron chi connectivity index (χ4n) is 3.02. The zero-order valence-electron chi connectivity index (χ0n) is 12.1. The first-order valence-electron chi connectivity index (χ1n) is 7.28. The van der Waals surface area contributed by atoms with Gasteiger partial charge in [0, 0.05) is 24.5 Å². The normalized spacial score (nSPS) is 18.5. The van der Waals surface area contributed by atoms with Gasteiger partial charge in [-0.05, 0) is 25.6 Å². The second-order valence-corrected chi connectivity index (χ2v) is 5.46. The summed E-state index contributed by atoms with van der Waals surface area (Å²) >= 11 is 0. The van der Waals surface area contributed by atoms with Crippen LogP contribution in [0.2, 0.25) is 0 Å². The van der Waals surface area contributed by atoms with E-state index in [4.69, 9.17) is 4.42 Å². The van der Waals surface area contributed by atoms with E-state index < -0.39 is 0 Å². The molecule has 2 aromatic heterocycles. The number of fused-ring (bicyclic) bond motifs is 3. The standard InChI is InChI=1S/C15H16FN5O/c1-17-9-6-7-21(8-9)14-13-12(18-15(19-14)20-16)10-4-2-3-5-11(10)22-13/h2-5,9,17H,6-8H2,1H3,(H,18,19,20)/t9-/m1/s1.